The van der Waals surface area contributed by atoms with Gasteiger partial charge >= 0.3 is 0 Å². The monoisotopic (exact) mass is 146 g/mol. The molecule has 4 nitrogen and oxygen atoms in total. The Hall–Kier alpha value is -0.450. The Morgan fingerprint density at radius 3 is 2.70 bits per heavy atom. The van der Waals surface area contributed by atoms with Crippen molar-refractivity contribution in [1.82, 2.24) is 5.17 Å². The molecule has 0 heterocycles. The minimum atomic E-state index is 0.184. The highest BCUT2D eigenvalue weighted by Crippen LogP contribution is 1.90. The van der Waals surface area contributed by atoms with Gasteiger partial charge in [0, 0.05) is 13.5 Å². The summed E-state index contributed by atoms with van der Waals surface area (Å²) in [6.45, 7) is 2.07. The fourth-order valence-corrected chi connectivity index (χ4v) is 0.530. The third-order valence-corrected chi connectivity index (χ3v) is 0.968. The summed E-state index contributed by atoms with van der Waals surface area (Å²) in [6, 6.07) is 0. The number of ketones is 1. The number of nitrogens with zero attached hydrogens (tertiary/aromatic N) is 1. The van der Waals surface area contributed by atoms with Crippen LogP contribution in [-0.4, -0.2) is 24.6 Å². The van der Waals surface area contributed by atoms with Crippen molar-refractivity contribution in [3.63, 3.8) is 0 Å². The van der Waals surface area contributed by atoms with Crippen LogP contribution in [0.3, 0.4) is 0 Å². The second-order valence-corrected chi connectivity index (χ2v) is 2.18. The van der Waals surface area contributed by atoms with Gasteiger partial charge in [-0.1, -0.05) is 0 Å². The molecule has 0 amide bonds. The average molecular weight is 146 g/mol. The quantitative estimate of drug-likeness (QED) is 0.339. The fourth-order valence-electron chi connectivity index (χ4n) is 0.530. The summed E-state index contributed by atoms with van der Waals surface area (Å²) in [5, 5.41) is 1.14. The summed E-state index contributed by atoms with van der Waals surface area (Å²) in [7, 11) is 1.60. The molecule has 0 aliphatic rings. The van der Waals surface area contributed by atoms with Crippen LogP contribution in [0, 0.1) is 0 Å². The Balaban J connectivity index is 2.98. The van der Waals surface area contributed by atoms with Crippen LogP contribution in [0.25, 0.3) is 0 Å². The van der Waals surface area contributed by atoms with Crippen molar-refractivity contribution in [2.75, 3.05) is 13.7 Å². The predicted octanol–water partition coefficient (Wildman–Crippen LogP) is 0.0927. The smallest absolute Gasteiger partial charge is 0.129 e. The van der Waals surface area contributed by atoms with E-state index in [1.807, 2.05) is 0 Å². The number of Topliss-reactive ketones (excluding diaryl/α,β-unsaturated/α-hetero) is 1. The SMILES string of the molecule is CC(=O)CCCON(C)N. The average Bonchev–Trinajstić information content (AvgIpc) is 1.79. The molecule has 4 heteroatoms. The van der Waals surface area contributed by atoms with Crippen molar-refractivity contribution in [2.24, 2.45) is 5.84 Å². The zero-order valence-electron chi connectivity index (χ0n) is 6.46. The van der Waals surface area contributed by atoms with E-state index in [0.29, 0.717) is 13.0 Å². The van der Waals surface area contributed by atoms with Crippen LogP contribution in [-0.2, 0) is 9.63 Å². The molecule has 0 aliphatic heterocycles. The highest BCUT2D eigenvalue weighted by atomic mass is 16.7. The number of carbonyl (C=O) groups is 1. The summed E-state index contributed by atoms with van der Waals surface area (Å²) >= 11 is 0. The number of nitrogens with two attached hydrogens (primary N) is 1. The van der Waals surface area contributed by atoms with E-state index in [1.165, 1.54) is 0 Å². The molecule has 0 saturated carbocycles. The summed E-state index contributed by atoms with van der Waals surface area (Å²) in [5.74, 6) is 5.32. The number of hydroxylamine groups is 1. The second kappa shape index (κ2) is 5.34. The first-order valence-corrected chi connectivity index (χ1v) is 3.23. The number of rotatable bonds is 5. The van der Waals surface area contributed by atoms with Gasteiger partial charge in [-0.15, -0.1) is 5.17 Å². The molecule has 0 aromatic rings. The maximum atomic E-state index is 10.4. The van der Waals surface area contributed by atoms with Gasteiger partial charge in [0.1, 0.15) is 5.78 Å². The number of carbonyl (C=O) groups excluding carboxylic acids is 1. The molecule has 0 aromatic carbocycles. The summed E-state index contributed by atoms with van der Waals surface area (Å²) < 4.78 is 0. The van der Waals surface area contributed by atoms with Crippen molar-refractivity contribution in [3.05, 3.63) is 0 Å². The van der Waals surface area contributed by atoms with Crippen molar-refractivity contribution in [2.45, 2.75) is 19.8 Å². The van der Waals surface area contributed by atoms with E-state index in [9.17, 15) is 4.79 Å². The van der Waals surface area contributed by atoms with E-state index < -0.39 is 0 Å². The number of hydrogen-bond acceptors (Lipinski definition) is 4. The Kier molecular flexibility index (Phi) is 5.10. The molecule has 0 atom stereocenters. The van der Waals surface area contributed by atoms with Gasteiger partial charge in [0.15, 0.2) is 0 Å². The van der Waals surface area contributed by atoms with Crippen LogP contribution < -0.4 is 5.84 Å². The highest BCUT2D eigenvalue weighted by molar-refractivity contribution is 5.75. The molecular formula is C6H14N2O2. The molecule has 2 N–H and O–H groups in total. The highest BCUT2D eigenvalue weighted by Gasteiger charge is 1.94. The first-order valence-electron chi connectivity index (χ1n) is 3.23. The molecule has 0 radical (unpaired) electrons. The van der Waals surface area contributed by atoms with Crippen molar-refractivity contribution in [1.29, 1.82) is 0 Å². The lowest BCUT2D eigenvalue weighted by Gasteiger charge is -2.08. The van der Waals surface area contributed by atoms with Crippen LogP contribution in [0.1, 0.15) is 19.8 Å². The Morgan fingerprint density at radius 1 is 1.70 bits per heavy atom. The van der Waals surface area contributed by atoms with E-state index in [4.69, 9.17) is 10.7 Å². The predicted molar refractivity (Wildman–Crippen MR) is 37.8 cm³/mol. The summed E-state index contributed by atoms with van der Waals surface area (Å²) in [4.78, 5) is 15.2. The lowest BCUT2D eigenvalue weighted by Crippen LogP contribution is -2.26. The van der Waals surface area contributed by atoms with E-state index in [2.05, 4.69) is 0 Å². The standard InChI is InChI=1S/C6H14N2O2/c1-6(9)4-3-5-10-8(2)7/h3-5,7H2,1-2H3. The molecule has 0 aromatic heterocycles. The molecule has 0 bridgehead atoms. The van der Waals surface area contributed by atoms with Gasteiger partial charge in [-0.05, 0) is 13.3 Å². The van der Waals surface area contributed by atoms with Gasteiger partial charge in [-0.3, -0.25) is 4.84 Å². The van der Waals surface area contributed by atoms with E-state index >= 15 is 0 Å². The fraction of sp³-hybridized carbons (Fsp3) is 0.833. The van der Waals surface area contributed by atoms with E-state index in [0.717, 1.165) is 11.6 Å². The minimum Gasteiger partial charge on any atom is -0.300 e. The third-order valence-electron chi connectivity index (χ3n) is 0.968. The zero-order chi connectivity index (χ0) is 7.98. The van der Waals surface area contributed by atoms with Crippen LogP contribution in [0.15, 0.2) is 0 Å². The first-order chi connectivity index (χ1) is 4.63. The molecule has 0 unspecified atom stereocenters. The maximum absolute atomic E-state index is 10.4. The molecule has 0 rings (SSSR count). The van der Waals surface area contributed by atoms with Gasteiger partial charge in [0.05, 0.1) is 6.61 Å². The van der Waals surface area contributed by atoms with Gasteiger partial charge < -0.3 is 4.79 Å². The maximum Gasteiger partial charge on any atom is 0.129 e. The Morgan fingerprint density at radius 2 is 2.30 bits per heavy atom. The van der Waals surface area contributed by atoms with Crippen molar-refractivity contribution < 1.29 is 9.63 Å². The molecule has 60 valence electrons. The zero-order valence-corrected chi connectivity index (χ0v) is 6.46. The molecular weight excluding hydrogens is 132 g/mol. The summed E-state index contributed by atoms with van der Waals surface area (Å²) in [5.41, 5.74) is 0. The normalized spacial score (nSPS) is 10.4. The Labute approximate surface area is 60.9 Å². The first kappa shape index (κ1) is 9.55. The van der Waals surface area contributed by atoms with E-state index in [-0.39, 0.29) is 5.78 Å². The van der Waals surface area contributed by atoms with Gasteiger partial charge in [0.25, 0.3) is 0 Å². The number of hydrogen-bond donors (Lipinski definition) is 1. The van der Waals surface area contributed by atoms with Crippen molar-refractivity contribution >= 4 is 5.78 Å². The lowest BCUT2D eigenvalue weighted by atomic mass is 10.2. The van der Waals surface area contributed by atoms with Gasteiger partial charge in [-0.2, -0.15) is 0 Å². The lowest BCUT2D eigenvalue weighted by molar-refractivity contribution is -0.144. The molecule has 0 saturated heterocycles. The third kappa shape index (κ3) is 7.55. The van der Waals surface area contributed by atoms with Crippen LogP contribution in [0.2, 0.25) is 0 Å². The summed E-state index contributed by atoms with van der Waals surface area (Å²) in [6.07, 6.45) is 1.30. The number of hydrazine groups is 1. The van der Waals surface area contributed by atoms with Gasteiger partial charge in [0.2, 0.25) is 0 Å². The second-order valence-electron chi connectivity index (χ2n) is 2.18. The van der Waals surface area contributed by atoms with E-state index in [1.54, 1.807) is 14.0 Å². The molecule has 0 aliphatic carbocycles. The van der Waals surface area contributed by atoms with Crippen LogP contribution in [0.4, 0.5) is 0 Å². The van der Waals surface area contributed by atoms with Crippen molar-refractivity contribution in [3.8, 4) is 0 Å². The van der Waals surface area contributed by atoms with Gasteiger partial charge in [-0.25, -0.2) is 5.84 Å². The molecule has 0 spiro atoms. The molecule has 0 fully saturated rings. The topological polar surface area (TPSA) is 55.6 Å². The largest absolute Gasteiger partial charge is 0.300 e. The molecule has 10 heavy (non-hydrogen) atoms. The Bertz CT molecular complexity index is 104. The minimum absolute atomic E-state index is 0.184. The van der Waals surface area contributed by atoms with Crippen LogP contribution >= 0.6 is 0 Å². The van der Waals surface area contributed by atoms with Crippen LogP contribution in [0.5, 0.6) is 0 Å².